The molecule has 37 heavy (non-hydrogen) atoms. The smallest absolute Gasteiger partial charge is 0.408 e. The van der Waals surface area contributed by atoms with Gasteiger partial charge < -0.3 is 34.3 Å². The van der Waals surface area contributed by atoms with Gasteiger partial charge in [-0.2, -0.15) is 0 Å². The molecule has 0 aliphatic carbocycles. The maximum absolute atomic E-state index is 13.2. The van der Waals surface area contributed by atoms with E-state index in [1.54, 1.807) is 53.7 Å². The SMILES string of the molecule is C#CC[C@@H](C[C@H](NC(=O)OC(C)(C)C)C(=O)OC(C)(C)C)C(=O)NCc1c(OC)cc(OC)cc1OC. The molecule has 10 nitrogen and oxygen atoms in total. The first-order valence-electron chi connectivity index (χ1n) is 11.9. The summed E-state index contributed by atoms with van der Waals surface area (Å²) in [7, 11) is 4.51. The van der Waals surface area contributed by atoms with Crippen molar-refractivity contribution in [2.45, 2.75) is 78.2 Å². The Bertz CT molecular complexity index is 961. The van der Waals surface area contributed by atoms with E-state index in [1.165, 1.54) is 21.3 Å². The fourth-order valence-corrected chi connectivity index (χ4v) is 3.32. The van der Waals surface area contributed by atoms with E-state index in [2.05, 4.69) is 16.6 Å². The van der Waals surface area contributed by atoms with Gasteiger partial charge >= 0.3 is 12.1 Å². The Morgan fingerprint density at radius 1 is 0.919 bits per heavy atom. The van der Waals surface area contributed by atoms with Crippen LogP contribution in [0.4, 0.5) is 4.79 Å². The van der Waals surface area contributed by atoms with Crippen molar-refractivity contribution in [1.29, 1.82) is 0 Å². The fourth-order valence-electron chi connectivity index (χ4n) is 3.32. The Kier molecular flexibility index (Phi) is 11.6. The van der Waals surface area contributed by atoms with Crippen molar-refractivity contribution in [3.8, 4) is 29.6 Å². The Morgan fingerprint density at radius 2 is 1.46 bits per heavy atom. The summed E-state index contributed by atoms with van der Waals surface area (Å²) in [5.74, 6) is 1.99. The predicted molar refractivity (Wildman–Crippen MR) is 139 cm³/mol. The zero-order valence-corrected chi connectivity index (χ0v) is 23.3. The van der Waals surface area contributed by atoms with Crippen molar-refractivity contribution in [3.05, 3.63) is 17.7 Å². The van der Waals surface area contributed by atoms with Crippen LogP contribution in [0.25, 0.3) is 0 Å². The molecule has 0 aromatic heterocycles. The summed E-state index contributed by atoms with van der Waals surface area (Å²) in [5, 5.41) is 5.35. The Labute approximate surface area is 219 Å². The summed E-state index contributed by atoms with van der Waals surface area (Å²) >= 11 is 0. The van der Waals surface area contributed by atoms with Gasteiger partial charge in [-0.1, -0.05) is 0 Å². The number of hydrogen-bond acceptors (Lipinski definition) is 8. The van der Waals surface area contributed by atoms with Crippen LogP contribution in [-0.2, 0) is 25.6 Å². The molecule has 0 heterocycles. The number of esters is 1. The van der Waals surface area contributed by atoms with Crippen LogP contribution in [0.3, 0.4) is 0 Å². The summed E-state index contributed by atoms with van der Waals surface area (Å²) in [5.41, 5.74) is -1.00. The highest BCUT2D eigenvalue weighted by molar-refractivity contribution is 5.84. The minimum absolute atomic E-state index is 0.0258. The van der Waals surface area contributed by atoms with Gasteiger partial charge in [-0.15, -0.1) is 12.3 Å². The second kappa shape index (κ2) is 13.6. The van der Waals surface area contributed by atoms with E-state index in [9.17, 15) is 14.4 Å². The molecule has 0 aliphatic rings. The highest BCUT2D eigenvalue weighted by Crippen LogP contribution is 2.34. The van der Waals surface area contributed by atoms with Crippen molar-refractivity contribution < 1.29 is 38.1 Å². The second-order valence-electron chi connectivity index (χ2n) is 10.3. The van der Waals surface area contributed by atoms with Crippen LogP contribution >= 0.6 is 0 Å². The van der Waals surface area contributed by atoms with E-state index in [-0.39, 0.29) is 19.4 Å². The minimum Gasteiger partial charge on any atom is -0.496 e. The van der Waals surface area contributed by atoms with Gasteiger partial charge in [0, 0.05) is 18.6 Å². The molecule has 0 fully saturated rings. The zero-order valence-electron chi connectivity index (χ0n) is 23.3. The molecule has 2 N–H and O–H groups in total. The van der Waals surface area contributed by atoms with Crippen LogP contribution in [0.1, 0.15) is 59.9 Å². The van der Waals surface area contributed by atoms with Gasteiger partial charge in [-0.25, -0.2) is 9.59 Å². The molecule has 0 radical (unpaired) electrons. The Morgan fingerprint density at radius 3 is 1.89 bits per heavy atom. The van der Waals surface area contributed by atoms with E-state index >= 15 is 0 Å². The quantitative estimate of drug-likeness (QED) is 0.335. The number of hydrogen-bond donors (Lipinski definition) is 2. The number of terminal acetylenes is 1. The van der Waals surface area contributed by atoms with E-state index < -0.39 is 41.1 Å². The molecule has 0 saturated heterocycles. The van der Waals surface area contributed by atoms with Gasteiger partial charge in [0.25, 0.3) is 0 Å². The van der Waals surface area contributed by atoms with Gasteiger partial charge in [-0.3, -0.25) is 4.79 Å². The summed E-state index contributed by atoms with van der Waals surface area (Å²) < 4.78 is 26.9. The van der Waals surface area contributed by atoms with Crippen LogP contribution in [0.2, 0.25) is 0 Å². The highest BCUT2D eigenvalue weighted by Gasteiger charge is 2.33. The average molecular weight is 521 g/mol. The van der Waals surface area contributed by atoms with Gasteiger partial charge in [0.05, 0.1) is 39.4 Å². The van der Waals surface area contributed by atoms with Gasteiger partial charge in [0.15, 0.2) is 0 Å². The molecule has 1 rings (SSSR count). The van der Waals surface area contributed by atoms with Crippen molar-refractivity contribution in [3.63, 3.8) is 0 Å². The third-order valence-electron chi connectivity index (χ3n) is 4.89. The fraction of sp³-hybridized carbons (Fsp3) is 0.593. The normalized spacial score (nSPS) is 12.9. The average Bonchev–Trinajstić information content (AvgIpc) is 2.78. The number of carbonyl (C=O) groups is 3. The zero-order chi connectivity index (χ0) is 28.4. The van der Waals surface area contributed by atoms with Crippen molar-refractivity contribution in [2.75, 3.05) is 21.3 Å². The molecule has 2 atom stereocenters. The molecular weight excluding hydrogens is 480 g/mol. The summed E-state index contributed by atoms with van der Waals surface area (Å²) in [4.78, 5) is 38.5. The molecule has 1 aromatic carbocycles. The lowest BCUT2D eigenvalue weighted by Crippen LogP contribution is -2.48. The molecule has 0 unspecified atom stereocenters. The lowest BCUT2D eigenvalue weighted by Gasteiger charge is -2.28. The standard InChI is InChI=1S/C27H40N2O8/c1-11-12-17(13-20(24(31)36-26(2,3)4)29-25(32)37-27(5,6)7)23(30)28-16-19-21(34-9)14-18(33-8)15-22(19)35-10/h1,14-15,17,20H,12-13,16H2,2-10H3,(H,28,30)(H,29,32)/t17-,20-/m0/s1. The molecule has 0 aliphatic heterocycles. The van der Waals surface area contributed by atoms with E-state index in [1.807, 2.05) is 0 Å². The molecule has 2 amide bonds. The van der Waals surface area contributed by atoms with Crippen LogP contribution in [0.5, 0.6) is 17.2 Å². The number of amides is 2. The third kappa shape index (κ3) is 10.9. The number of ether oxygens (including phenoxy) is 5. The van der Waals surface area contributed by atoms with Gasteiger partial charge in [0.2, 0.25) is 5.91 Å². The first-order chi connectivity index (χ1) is 17.1. The number of nitrogens with one attached hydrogen (secondary N) is 2. The molecule has 10 heteroatoms. The van der Waals surface area contributed by atoms with Gasteiger partial charge in [-0.05, 0) is 48.0 Å². The summed E-state index contributed by atoms with van der Waals surface area (Å²) in [6.07, 6.45) is 4.64. The number of alkyl carbamates (subject to hydrolysis) is 1. The lowest BCUT2D eigenvalue weighted by molar-refractivity contribution is -0.158. The predicted octanol–water partition coefficient (Wildman–Crippen LogP) is 3.59. The van der Waals surface area contributed by atoms with Crippen LogP contribution in [0, 0.1) is 18.3 Å². The lowest BCUT2D eigenvalue weighted by atomic mass is 9.95. The van der Waals surface area contributed by atoms with E-state index in [4.69, 9.17) is 30.1 Å². The molecule has 1 aromatic rings. The first-order valence-corrected chi connectivity index (χ1v) is 11.9. The van der Waals surface area contributed by atoms with Crippen LogP contribution in [-0.4, -0.2) is 56.5 Å². The summed E-state index contributed by atoms with van der Waals surface area (Å²) in [6, 6.07) is 2.18. The van der Waals surface area contributed by atoms with Crippen molar-refractivity contribution in [2.24, 2.45) is 5.92 Å². The Balaban J connectivity index is 3.14. The highest BCUT2D eigenvalue weighted by atomic mass is 16.6. The number of carbonyl (C=O) groups excluding carboxylic acids is 3. The Hall–Kier alpha value is -3.61. The largest absolute Gasteiger partial charge is 0.496 e. The van der Waals surface area contributed by atoms with E-state index in [0.29, 0.717) is 22.8 Å². The number of benzene rings is 1. The third-order valence-corrected chi connectivity index (χ3v) is 4.89. The molecule has 0 saturated carbocycles. The maximum Gasteiger partial charge on any atom is 0.408 e. The first kappa shape index (κ1) is 31.4. The second-order valence-corrected chi connectivity index (χ2v) is 10.3. The molecule has 0 spiro atoms. The van der Waals surface area contributed by atoms with Crippen LogP contribution < -0.4 is 24.8 Å². The van der Waals surface area contributed by atoms with Gasteiger partial charge in [0.1, 0.15) is 34.5 Å². The molecule has 0 bridgehead atoms. The number of rotatable bonds is 11. The van der Waals surface area contributed by atoms with E-state index in [0.717, 1.165) is 0 Å². The van der Waals surface area contributed by atoms with Crippen molar-refractivity contribution >= 4 is 18.0 Å². The maximum atomic E-state index is 13.2. The van der Waals surface area contributed by atoms with Crippen LogP contribution in [0.15, 0.2) is 12.1 Å². The molecule has 206 valence electrons. The van der Waals surface area contributed by atoms with Crippen molar-refractivity contribution in [1.82, 2.24) is 10.6 Å². The summed E-state index contributed by atoms with van der Waals surface area (Å²) in [6.45, 7) is 10.3. The molecular formula is C27H40N2O8. The topological polar surface area (TPSA) is 121 Å². The monoisotopic (exact) mass is 520 g/mol. The minimum atomic E-state index is -1.16. The number of methoxy groups -OCH3 is 3.